The van der Waals surface area contributed by atoms with Crippen LogP contribution in [0.4, 0.5) is 5.69 Å². The van der Waals surface area contributed by atoms with Crippen LogP contribution in [0.2, 0.25) is 0 Å². The predicted octanol–water partition coefficient (Wildman–Crippen LogP) is 6.59. The number of hydrogen-bond acceptors (Lipinski definition) is 2. The van der Waals surface area contributed by atoms with Gasteiger partial charge in [-0.25, -0.2) is 0 Å². The molecule has 0 unspecified atom stereocenters. The average molecular weight is 340 g/mol. The van der Waals surface area contributed by atoms with E-state index in [0.29, 0.717) is 24.1 Å². The fraction of sp³-hybridized carbons (Fsp3) is 0.478. The van der Waals surface area contributed by atoms with Gasteiger partial charge in [0.25, 0.3) is 0 Å². The highest BCUT2D eigenvalue weighted by Crippen LogP contribution is 2.33. The molecule has 0 fully saturated rings. The first-order chi connectivity index (χ1) is 11.9. The molecule has 25 heavy (non-hydrogen) atoms. The Hall–Kier alpha value is -1.96. The molecule has 0 radical (unpaired) electrons. The molecule has 2 aromatic carbocycles. The predicted molar refractivity (Wildman–Crippen MR) is 109 cm³/mol. The SMILES string of the molecule is CCCCc1ccc(O)c(CNc2c(C(C)C)cccc2C(C)C)c1. The van der Waals surface area contributed by atoms with Crippen LogP contribution in [0.15, 0.2) is 36.4 Å². The number of anilines is 1. The zero-order valence-corrected chi connectivity index (χ0v) is 16.4. The van der Waals surface area contributed by atoms with E-state index in [-0.39, 0.29) is 0 Å². The third-order valence-corrected chi connectivity index (χ3v) is 4.79. The quantitative estimate of drug-likeness (QED) is 0.568. The molecule has 2 rings (SSSR count). The molecule has 2 N–H and O–H groups in total. The molecule has 0 saturated carbocycles. The Morgan fingerprint density at radius 1 is 0.960 bits per heavy atom. The highest BCUT2D eigenvalue weighted by Gasteiger charge is 2.14. The Morgan fingerprint density at radius 3 is 2.16 bits per heavy atom. The Labute approximate surface area is 153 Å². The molecule has 0 aliphatic rings. The molecular formula is C23H33NO. The lowest BCUT2D eigenvalue weighted by Crippen LogP contribution is -2.08. The Morgan fingerprint density at radius 2 is 1.60 bits per heavy atom. The summed E-state index contributed by atoms with van der Waals surface area (Å²) in [5.74, 6) is 1.30. The summed E-state index contributed by atoms with van der Waals surface area (Å²) in [4.78, 5) is 0. The fourth-order valence-electron chi connectivity index (χ4n) is 3.26. The minimum absolute atomic E-state index is 0.376. The highest BCUT2D eigenvalue weighted by molar-refractivity contribution is 5.60. The summed E-state index contributed by atoms with van der Waals surface area (Å²) in [5.41, 5.74) is 6.19. The van der Waals surface area contributed by atoms with Crippen molar-refractivity contribution >= 4 is 5.69 Å². The standard InChI is InChI=1S/C23H33NO/c1-6-7-9-18-12-13-22(25)19(14-18)15-24-23-20(16(2)3)10-8-11-21(23)17(4)5/h8,10-14,16-17,24-25H,6-7,9,15H2,1-5H3. The van der Waals surface area contributed by atoms with Crippen LogP contribution in [0, 0.1) is 0 Å². The first-order valence-electron chi connectivity index (χ1n) is 9.61. The second kappa shape index (κ2) is 8.94. The van der Waals surface area contributed by atoms with E-state index in [0.717, 1.165) is 12.0 Å². The lowest BCUT2D eigenvalue weighted by molar-refractivity contribution is 0.468. The molecule has 0 bridgehead atoms. The van der Waals surface area contributed by atoms with E-state index >= 15 is 0 Å². The maximum absolute atomic E-state index is 10.3. The topological polar surface area (TPSA) is 32.3 Å². The van der Waals surface area contributed by atoms with E-state index in [2.05, 4.69) is 64.2 Å². The van der Waals surface area contributed by atoms with Gasteiger partial charge in [0.2, 0.25) is 0 Å². The van der Waals surface area contributed by atoms with Crippen molar-refractivity contribution in [1.82, 2.24) is 0 Å². The van der Waals surface area contributed by atoms with Gasteiger partial charge in [-0.05, 0) is 47.4 Å². The molecule has 2 heteroatoms. The van der Waals surface area contributed by atoms with Crippen molar-refractivity contribution < 1.29 is 5.11 Å². The Balaban J connectivity index is 2.26. The summed E-state index contributed by atoms with van der Waals surface area (Å²) in [6.45, 7) is 11.8. The number of para-hydroxylation sites is 1. The lowest BCUT2D eigenvalue weighted by Gasteiger charge is -2.21. The number of nitrogens with one attached hydrogen (secondary N) is 1. The summed E-state index contributed by atoms with van der Waals surface area (Å²) in [5, 5.41) is 13.9. The second-order valence-electron chi connectivity index (χ2n) is 7.54. The molecule has 2 aromatic rings. The van der Waals surface area contributed by atoms with Crippen molar-refractivity contribution in [2.45, 2.75) is 72.3 Å². The van der Waals surface area contributed by atoms with Gasteiger partial charge in [-0.15, -0.1) is 0 Å². The molecule has 0 aliphatic heterocycles. The van der Waals surface area contributed by atoms with Crippen molar-refractivity contribution in [3.63, 3.8) is 0 Å². The minimum Gasteiger partial charge on any atom is -0.508 e. The van der Waals surface area contributed by atoms with E-state index < -0.39 is 0 Å². The fourth-order valence-corrected chi connectivity index (χ4v) is 3.26. The van der Waals surface area contributed by atoms with Crippen LogP contribution in [0.5, 0.6) is 5.75 Å². The Bertz CT molecular complexity index is 662. The van der Waals surface area contributed by atoms with Crippen LogP contribution in [0.25, 0.3) is 0 Å². The number of phenolic OH excluding ortho intramolecular Hbond substituents is 1. The van der Waals surface area contributed by atoms with Crippen LogP contribution in [0.3, 0.4) is 0 Å². The van der Waals surface area contributed by atoms with Crippen molar-refractivity contribution in [2.75, 3.05) is 5.32 Å². The van der Waals surface area contributed by atoms with E-state index in [4.69, 9.17) is 0 Å². The molecule has 136 valence electrons. The van der Waals surface area contributed by atoms with E-state index in [1.807, 2.05) is 12.1 Å². The second-order valence-corrected chi connectivity index (χ2v) is 7.54. The van der Waals surface area contributed by atoms with Crippen LogP contribution in [0.1, 0.15) is 81.5 Å². The van der Waals surface area contributed by atoms with Crippen molar-refractivity contribution in [3.05, 3.63) is 58.7 Å². The third-order valence-electron chi connectivity index (χ3n) is 4.79. The first kappa shape index (κ1) is 19.4. The van der Waals surface area contributed by atoms with Crippen molar-refractivity contribution in [1.29, 1.82) is 0 Å². The number of aryl methyl sites for hydroxylation is 1. The molecule has 0 aromatic heterocycles. The maximum Gasteiger partial charge on any atom is 0.120 e. The third kappa shape index (κ3) is 5.01. The number of aromatic hydroxyl groups is 1. The molecule has 0 heterocycles. The summed E-state index contributed by atoms with van der Waals surface area (Å²) < 4.78 is 0. The van der Waals surface area contributed by atoms with Crippen LogP contribution >= 0.6 is 0 Å². The normalized spacial score (nSPS) is 11.3. The van der Waals surface area contributed by atoms with Crippen LogP contribution in [-0.4, -0.2) is 5.11 Å². The van der Waals surface area contributed by atoms with Gasteiger partial charge >= 0.3 is 0 Å². The highest BCUT2D eigenvalue weighted by atomic mass is 16.3. The molecule has 0 aliphatic carbocycles. The summed E-state index contributed by atoms with van der Waals surface area (Å²) in [7, 11) is 0. The van der Waals surface area contributed by atoms with Gasteiger partial charge in [0.1, 0.15) is 5.75 Å². The van der Waals surface area contributed by atoms with E-state index in [1.54, 1.807) is 0 Å². The summed E-state index contributed by atoms with van der Waals surface area (Å²) in [6, 6.07) is 12.6. The summed E-state index contributed by atoms with van der Waals surface area (Å²) in [6.07, 6.45) is 3.45. The molecule has 0 saturated heterocycles. The van der Waals surface area contributed by atoms with Gasteiger partial charge < -0.3 is 10.4 Å². The largest absolute Gasteiger partial charge is 0.508 e. The monoisotopic (exact) mass is 339 g/mol. The number of unbranched alkanes of at least 4 members (excludes halogenated alkanes) is 1. The van der Waals surface area contributed by atoms with E-state index in [9.17, 15) is 5.11 Å². The zero-order chi connectivity index (χ0) is 18.4. The lowest BCUT2D eigenvalue weighted by atomic mass is 9.92. The molecule has 0 atom stereocenters. The number of benzene rings is 2. The van der Waals surface area contributed by atoms with Gasteiger partial charge in [-0.1, -0.05) is 71.4 Å². The molecule has 0 amide bonds. The number of hydrogen-bond donors (Lipinski definition) is 2. The van der Waals surface area contributed by atoms with Gasteiger partial charge in [-0.2, -0.15) is 0 Å². The molecule has 2 nitrogen and oxygen atoms in total. The van der Waals surface area contributed by atoms with Gasteiger partial charge in [0.15, 0.2) is 0 Å². The Kier molecular flexibility index (Phi) is 6.92. The van der Waals surface area contributed by atoms with E-state index in [1.165, 1.54) is 35.2 Å². The zero-order valence-electron chi connectivity index (χ0n) is 16.4. The molecular weight excluding hydrogens is 306 g/mol. The van der Waals surface area contributed by atoms with Crippen LogP contribution < -0.4 is 5.32 Å². The number of phenols is 1. The van der Waals surface area contributed by atoms with Gasteiger partial charge in [-0.3, -0.25) is 0 Å². The van der Waals surface area contributed by atoms with Gasteiger partial charge in [0, 0.05) is 17.8 Å². The summed E-state index contributed by atoms with van der Waals surface area (Å²) >= 11 is 0. The van der Waals surface area contributed by atoms with Crippen LogP contribution in [-0.2, 0) is 13.0 Å². The first-order valence-corrected chi connectivity index (χ1v) is 9.61. The van der Waals surface area contributed by atoms with Gasteiger partial charge in [0.05, 0.1) is 0 Å². The number of rotatable bonds is 8. The average Bonchev–Trinajstić information content (AvgIpc) is 2.59. The maximum atomic E-state index is 10.3. The smallest absolute Gasteiger partial charge is 0.120 e. The minimum atomic E-state index is 0.376. The van der Waals surface area contributed by atoms with Crippen molar-refractivity contribution in [3.8, 4) is 5.75 Å². The molecule has 0 spiro atoms. The van der Waals surface area contributed by atoms with Crippen molar-refractivity contribution in [2.24, 2.45) is 0 Å².